The molecule has 130 valence electrons. The molecule has 8 nitrogen and oxygen atoms in total. The summed E-state index contributed by atoms with van der Waals surface area (Å²) < 4.78 is 2.12. The predicted octanol–water partition coefficient (Wildman–Crippen LogP) is 3.08. The van der Waals surface area contributed by atoms with E-state index in [9.17, 15) is 0 Å². The van der Waals surface area contributed by atoms with E-state index in [1.807, 2.05) is 18.5 Å². The van der Waals surface area contributed by atoms with Crippen LogP contribution < -0.4 is 10.4 Å². The molecule has 4 heterocycles. The predicted molar refractivity (Wildman–Crippen MR) is 95.8 cm³/mol. The Labute approximate surface area is 145 Å². The van der Waals surface area contributed by atoms with Gasteiger partial charge in [-0.2, -0.15) is 4.98 Å². The summed E-state index contributed by atoms with van der Waals surface area (Å²) in [6, 6.07) is 4.14. The minimum absolute atomic E-state index is 0.335. The molecule has 0 aliphatic carbocycles. The number of nitrogens with one attached hydrogen (secondary N) is 1. The zero-order valence-corrected chi connectivity index (χ0v) is 14.4. The number of fused-ring (bicyclic) bond motifs is 1. The third kappa shape index (κ3) is 3.25. The second-order valence-corrected chi connectivity index (χ2v) is 6.31. The van der Waals surface area contributed by atoms with Gasteiger partial charge in [-0.1, -0.05) is 0 Å². The number of aromatic nitrogens is 5. The highest BCUT2D eigenvalue weighted by Crippen LogP contribution is 2.22. The van der Waals surface area contributed by atoms with Gasteiger partial charge in [-0.25, -0.2) is 20.0 Å². The Morgan fingerprint density at radius 1 is 1.16 bits per heavy atom. The first-order valence-corrected chi connectivity index (χ1v) is 8.54. The number of nitrogens with zero attached hydrogens (tertiary/aromatic N) is 6. The number of anilines is 3. The molecule has 1 N–H and O–H groups in total. The van der Waals surface area contributed by atoms with Gasteiger partial charge in [0.05, 0.1) is 24.6 Å². The lowest BCUT2D eigenvalue weighted by molar-refractivity contribution is 0.0744. The van der Waals surface area contributed by atoms with Gasteiger partial charge in [-0.3, -0.25) is 4.84 Å². The maximum atomic E-state index is 5.61. The average molecular weight is 339 g/mol. The zero-order valence-electron chi connectivity index (χ0n) is 14.4. The Kier molecular flexibility index (Phi) is 4.19. The fourth-order valence-electron chi connectivity index (χ4n) is 2.83. The van der Waals surface area contributed by atoms with Crippen molar-refractivity contribution >= 4 is 28.6 Å². The van der Waals surface area contributed by atoms with E-state index in [2.05, 4.69) is 43.7 Å². The molecule has 0 atom stereocenters. The van der Waals surface area contributed by atoms with E-state index in [0.717, 1.165) is 36.2 Å². The molecule has 8 heteroatoms. The molecule has 1 aliphatic heterocycles. The van der Waals surface area contributed by atoms with Crippen molar-refractivity contribution in [2.24, 2.45) is 0 Å². The second kappa shape index (κ2) is 6.64. The minimum Gasteiger partial charge on any atom is -0.328 e. The zero-order chi connectivity index (χ0) is 17.2. The highest BCUT2D eigenvalue weighted by Gasteiger charge is 2.15. The number of hydrogen-bond donors (Lipinski definition) is 1. The Hall–Kier alpha value is -2.74. The quantitative estimate of drug-likeness (QED) is 0.782. The van der Waals surface area contributed by atoms with Gasteiger partial charge in [-0.05, 0) is 32.8 Å². The van der Waals surface area contributed by atoms with E-state index >= 15 is 0 Å². The topological polar surface area (TPSA) is 81.0 Å². The third-order valence-electron chi connectivity index (χ3n) is 4.14. The van der Waals surface area contributed by atoms with Gasteiger partial charge in [-0.15, -0.1) is 0 Å². The lowest BCUT2D eigenvalue weighted by Gasteiger charge is -2.25. The van der Waals surface area contributed by atoms with Crippen molar-refractivity contribution in [2.75, 3.05) is 23.5 Å². The first-order valence-electron chi connectivity index (χ1n) is 8.54. The number of rotatable bonds is 4. The molecule has 0 amide bonds. The largest absolute Gasteiger partial charge is 0.328 e. The van der Waals surface area contributed by atoms with Crippen LogP contribution in [0.15, 0.2) is 30.9 Å². The Balaban J connectivity index is 1.59. The molecule has 1 fully saturated rings. The maximum Gasteiger partial charge on any atom is 0.251 e. The second-order valence-electron chi connectivity index (χ2n) is 6.31. The molecule has 1 aliphatic rings. The maximum absolute atomic E-state index is 5.61. The number of hydroxylamine groups is 1. The van der Waals surface area contributed by atoms with E-state index < -0.39 is 0 Å². The lowest BCUT2D eigenvalue weighted by atomic mass is 10.3. The van der Waals surface area contributed by atoms with Crippen LogP contribution in [-0.4, -0.2) is 37.7 Å². The van der Waals surface area contributed by atoms with E-state index in [1.54, 1.807) is 17.5 Å². The van der Waals surface area contributed by atoms with Crippen molar-refractivity contribution in [3.05, 3.63) is 30.9 Å². The molecule has 0 unspecified atom stereocenters. The van der Waals surface area contributed by atoms with Gasteiger partial charge in [0.2, 0.25) is 0 Å². The van der Waals surface area contributed by atoms with Crippen LogP contribution >= 0.6 is 0 Å². The number of hydrogen-bond acceptors (Lipinski definition) is 7. The molecule has 0 saturated carbocycles. The summed E-state index contributed by atoms with van der Waals surface area (Å²) in [6.07, 6.45) is 7.49. The van der Waals surface area contributed by atoms with Gasteiger partial charge in [0.1, 0.15) is 17.2 Å². The summed E-state index contributed by atoms with van der Waals surface area (Å²) in [5.41, 5.74) is 1.92. The minimum atomic E-state index is 0.335. The number of imidazole rings is 1. The molecule has 25 heavy (non-hydrogen) atoms. The normalized spacial score (nSPS) is 15.1. The summed E-state index contributed by atoms with van der Waals surface area (Å²) in [7, 11) is 0. The monoisotopic (exact) mass is 339 g/mol. The lowest BCUT2D eigenvalue weighted by Crippen LogP contribution is -2.31. The molecule has 0 spiro atoms. The van der Waals surface area contributed by atoms with Crippen LogP contribution in [0.3, 0.4) is 0 Å². The summed E-state index contributed by atoms with van der Waals surface area (Å²) in [5, 5.41) is 5.00. The molecule has 0 aromatic carbocycles. The van der Waals surface area contributed by atoms with Crippen molar-refractivity contribution in [3.8, 4) is 0 Å². The Morgan fingerprint density at radius 3 is 2.88 bits per heavy atom. The van der Waals surface area contributed by atoms with Gasteiger partial charge in [0.25, 0.3) is 5.95 Å². The molecule has 0 radical (unpaired) electrons. The Bertz CT molecular complexity index is 870. The smallest absolute Gasteiger partial charge is 0.251 e. The van der Waals surface area contributed by atoms with E-state index in [4.69, 9.17) is 4.84 Å². The molecular weight excluding hydrogens is 318 g/mol. The van der Waals surface area contributed by atoms with E-state index in [0.29, 0.717) is 24.4 Å². The molecule has 3 aromatic rings. The van der Waals surface area contributed by atoms with E-state index in [-0.39, 0.29) is 0 Å². The fourth-order valence-corrected chi connectivity index (χ4v) is 2.83. The highest BCUT2D eigenvalue weighted by molar-refractivity contribution is 5.78. The third-order valence-corrected chi connectivity index (χ3v) is 4.14. The average Bonchev–Trinajstić information content (AvgIpc) is 3.06. The summed E-state index contributed by atoms with van der Waals surface area (Å²) >= 11 is 0. The fraction of sp³-hybridized carbons (Fsp3) is 0.412. The standard InChI is InChI=1S/C17H21N7O/c1-12(2)23-11-20-13-10-19-16(9-14(13)23)21-15-5-6-18-17(22-15)24-7-3-4-8-25-24/h5-6,9-12H,3-4,7-8H2,1-2H3,(H,18,19,21,22). The van der Waals surface area contributed by atoms with Crippen molar-refractivity contribution in [1.82, 2.24) is 24.5 Å². The van der Waals surface area contributed by atoms with Crippen molar-refractivity contribution in [3.63, 3.8) is 0 Å². The molecule has 3 aromatic heterocycles. The van der Waals surface area contributed by atoms with Crippen molar-refractivity contribution < 1.29 is 4.84 Å². The van der Waals surface area contributed by atoms with Crippen LogP contribution in [0.2, 0.25) is 0 Å². The van der Waals surface area contributed by atoms with Crippen molar-refractivity contribution in [1.29, 1.82) is 0 Å². The van der Waals surface area contributed by atoms with E-state index in [1.165, 1.54) is 0 Å². The molecule has 1 saturated heterocycles. The molecular formula is C17H21N7O. The van der Waals surface area contributed by atoms with Crippen LogP contribution in [0, 0.1) is 0 Å². The highest BCUT2D eigenvalue weighted by atomic mass is 16.7. The summed E-state index contributed by atoms with van der Waals surface area (Å²) in [4.78, 5) is 23.3. The van der Waals surface area contributed by atoms with Crippen LogP contribution in [0.4, 0.5) is 17.6 Å². The SMILES string of the molecule is CC(C)n1cnc2cnc(Nc3ccnc(N4CCCCO4)n3)cc21. The van der Waals surface area contributed by atoms with Crippen LogP contribution in [0.1, 0.15) is 32.7 Å². The van der Waals surface area contributed by atoms with Crippen LogP contribution in [-0.2, 0) is 4.84 Å². The van der Waals surface area contributed by atoms with Gasteiger partial charge in [0.15, 0.2) is 0 Å². The Morgan fingerprint density at radius 2 is 2.08 bits per heavy atom. The van der Waals surface area contributed by atoms with Crippen LogP contribution in [0.25, 0.3) is 11.0 Å². The first kappa shape index (κ1) is 15.8. The van der Waals surface area contributed by atoms with Gasteiger partial charge in [0, 0.05) is 24.8 Å². The van der Waals surface area contributed by atoms with Crippen LogP contribution in [0.5, 0.6) is 0 Å². The first-order chi connectivity index (χ1) is 12.2. The molecule has 4 rings (SSSR count). The van der Waals surface area contributed by atoms with Gasteiger partial charge >= 0.3 is 0 Å². The number of pyridine rings is 1. The van der Waals surface area contributed by atoms with Crippen molar-refractivity contribution in [2.45, 2.75) is 32.7 Å². The summed E-state index contributed by atoms with van der Waals surface area (Å²) in [6.45, 7) is 5.77. The van der Waals surface area contributed by atoms with Gasteiger partial charge < -0.3 is 9.88 Å². The molecule has 0 bridgehead atoms. The summed E-state index contributed by atoms with van der Waals surface area (Å²) in [5.74, 6) is 1.97.